The second-order valence-electron chi connectivity index (χ2n) is 2.97. The number of hydrogen-bond acceptors (Lipinski definition) is 3. The number of amides is 1. The topological polar surface area (TPSA) is 72.3 Å². The molecule has 0 spiro atoms. The SMILES string of the molecule is [CH2]CCN(C=O)c1ccc(N)c(N)c1. The van der Waals surface area contributed by atoms with Crippen LogP contribution in [0.25, 0.3) is 0 Å². The number of nitrogen functional groups attached to an aromatic ring is 2. The summed E-state index contributed by atoms with van der Waals surface area (Å²) in [5.41, 5.74) is 12.9. The molecule has 0 atom stereocenters. The zero-order valence-corrected chi connectivity index (χ0v) is 7.94. The minimum absolute atomic E-state index is 0.485. The van der Waals surface area contributed by atoms with Gasteiger partial charge in [-0.2, -0.15) is 0 Å². The molecule has 0 aliphatic carbocycles. The largest absolute Gasteiger partial charge is 0.397 e. The molecular weight excluding hydrogens is 178 g/mol. The van der Waals surface area contributed by atoms with Crippen molar-refractivity contribution in [1.29, 1.82) is 0 Å². The Kier molecular flexibility index (Phi) is 3.34. The third-order valence-electron chi connectivity index (χ3n) is 1.93. The summed E-state index contributed by atoms with van der Waals surface area (Å²) in [6, 6.07) is 5.12. The van der Waals surface area contributed by atoms with Crippen LogP contribution in [-0.2, 0) is 4.79 Å². The Balaban J connectivity index is 2.93. The van der Waals surface area contributed by atoms with E-state index in [0.29, 0.717) is 24.3 Å². The molecule has 4 N–H and O–H groups in total. The summed E-state index contributed by atoms with van der Waals surface area (Å²) in [7, 11) is 0. The average Bonchev–Trinajstić information content (AvgIpc) is 2.19. The maximum absolute atomic E-state index is 10.7. The van der Waals surface area contributed by atoms with E-state index in [-0.39, 0.29) is 0 Å². The normalized spacial score (nSPS) is 9.79. The van der Waals surface area contributed by atoms with Gasteiger partial charge in [0.15, 0.2) is 0 Å². The van der Waals surface area contributed by atoms with E-state index in [9.17, 15) is 4.79 Å². The molecule has 1 amide bonds. The van der Waals surface area contributed by atoms with E-state index in [1.54, 1.807) is 23.1 Å². The lowest BCUT2D eigenvalue weighted by Crippen LogP contribution is -2.21. The van der Waals surface area contributed by atoms with Crippen molar-refractivity contribution in [2.75, 3.05) is 22.9 Å². The first-order valence-corrected chi connectivity index (χ1v) is 4.35. The van der Waals surface area contributed by atoms with Crippen molar-refractivity contribution < 1.29 is 4.79 Å². The Labute approximate surface area is 83.5 Å². The highest BCUT2D eigenvalue weighted by Gasteiger charge is 2.04. The summed E-state index contributed by atoms with van der Waals surface area (Å²) in [6.45, 7) is 4.26. The molecule has 0 aromatic heterocycles. The number of hydrogen-bond donors (Lipinski definition) is 2. The number of rotatable bonds is 4. The van der Waals surface area contributed by atoms with Gasteiger partial charge in [-0.1, -0.05) is 6.92 Å². The Bertz CT molecular complexity index is 325. The smallest absolute Gasteiger partial charge is 0.214 e. The molecule has 0 heterocycles. The lowest BCUT2D eigenvalue weighted by atomic mass is 10.2. The molecule has 14 heavy (non-hydrogen) atoms. The zero-order valence-electron chi connectivity index (χ0n) is 7.94. The predicted octanol–water partition coefficient (Wildman–Crippen LogP) is 1.04. The number of nitrogens with zero attached hydrogens (tertiary/aromatic N) is 1. The third kappa shape index (κ3) is 2.16. The summed E-state index contributed by atoms with van der Waals surface area (Å²) in [5.74, 6) is 0. The predicted molar refractivity (Wildman–Crippen MR) is 58.7 cm³/mol. The van der Waals surface area contributed by atoms with E-state index < -0.39 is 0 Å². The quantitative estimate of drug-likeness (QED) is 0.553. The summed E-state index contributed by atoms with van der Waals surface area (Å²) < 4.78 is 0. The van der Waals surface area contributed by atoms with Gasteiger partial charge in [0.2, 0.25) is 6.41 Å². The summed E-state index contributed by atoms with van der Waals surface area (Å²) in [4.78, 5) is 12.3. The second kappa shape index (κ2) is 4.50. The maximum atomic E-state index is 10.7. The van der Waals surface area contributed by atoms with Gasteiger partial charge in [-0.15, -0.1) is 0 Å². The third-order valence-corrected chi connectivity index (χ3v) is 1.93. The Morgan fingerprint density at radius 3 is 2.57 bits per heavy atom. The fourth-order valence-corrected chi connectivity index (χ4v) is 1.15. The Morgan fingerprint density at radius 2 is 2.07 bits per heavy atom. The van der Waals surface area contributed by atoms with Gasteiger partial charge in [0, 0.05) is 12.2 Å². The number of nitrogens with two attached hydrogens (primary N) is 2. The standard InChI is InChI=1S/C10H14N3O/c1-2-5-13(7-14)8-3-4-9(11)10(12)6-8/h3-4,6-7H,1-2,5,11-12H2. The summed E-state index contributed by atoms with van der Waals surface area (Å²) >= 11 is 0. The molecule has 0 saturated carbocycles. The van der Waals surface area contributed by atoms with E-state index >= 15 is 0 Å². The highest BCUT2D eigenvalue weighted by atomic mass is 16.1. The molecule has 4 heteroatoms. The van der Waals surface area contributed by atoms with Crippen LogP contribution in [0.5, 0.6) is 0 Å². The van der Waals surface area contributed by atoms with E-state index in [0.717, 1.165) is 12.1 Å². The van der Waals surface area contributed by atoms with Gasteiger partial charge >= 0.3 is 0 Å². The molecule has 4 nitrogen and oxygen atoms in total. The van der Waals surface area contributed by atoms with Gasteiger partial charge in [0.25, 0.3) is 0 Å². The highest BCUT2D eigenvalue weighted by Crippen LogP contribution is 2.22. The molecule has 0 aliphatic rings. The van der Waals surface area contributed by atoms with Crippen molar-refractivity contribution in [2.24, 2.45) is 0 Å². The van der Waals surface area contributed by atoms with Crippen LogP contribution in [0.2, 0.25) is 0 Å². The van der Waals surface area contributed by atoms with Gasteiger partial charge in [-0.05, 0) is 24.6 Å². The first kappa shape index (κ1) is 10.4. The van der Waals surface area contributed by atoms with Gasteiger partial charge in [0.1, 0.15) is 0 Å². The molecule has 1 rings (SSSR count). The van der Waals surface area contributed by atoms with Crippen molar-refractivity contribution >= 4 is 23.5 Å². The molecule has 1 aromatic rings. The first-order chi connectivity index (χ1) is 6.69. The average molecular weight is 192 g/mol. The molecule has 1 aromatic carbocycles. The first-order valence-electron chi connectivity index (χ1n) is 4.35. The zero-order chi connectivity index (χ0) is 10.6. The Hall–Kier alpha value is -1.71. The van der Waals surface area contributed by atoms with Gasteiger partial charge in [-0.3, -0.25) is 4.79 Å². The van der Waals surface area contributed by atoms with Crippen molar-refractivity contribution in [3.05, 3.63) is 25.1 Å². The van der Waals surface area contributed by atoms with Crippen LogP contribution in [0.4, 0.5) is 17.1 Å². The Morgan fingerprint density at radius 1 is 1.36 bits per heavy atom. The molecule has 0 fully saturated rings. The highest BCUT2D eigenvalue weighted by molar-refractivity contribution is 5.79. The van der Waals surface area contributed by atoms with Crippen LogP contribution in [0.15, 0.2) is 18.2 Å². The summed E-state index contributed by atoms with van der Waals surface area (Å²) in [6.07, 6.45) is 1.42. The van der Waals surface area contributed by atoms with E-state index in [2.05, 4.69) is 6.92 Å². The molecule has 1 radical (unpaired) electrons. The van der Waals surface area contributed by atoms with Crippen molar-refractivity contribution in [2.45, 2.75) is 6.42 Å². The van der Waals surface area contributed by atoms with Crippen LogP contribution >= 0.6 is 0 Å². The van der Waals surface area contributed by atoms with Crippen LogP contribution in [0, 0.1) is 6.92 Å². The van der Waals surface area contributed by atoms with E-state index in [4.69, 9.17) is 11.5 Å². The molecule has 75 valence electrons. The number of carbonyl (C=O) groups is 1. The van der Waals surface area contributed by atoms with Crippen molar-refractivity contribution in [3.63, 3.8) is 0 Å². The molecule has 0 aliphatic heterocycles. The van der Waals surface area contributed by atoms with Crippen molar-refractivity contribution in [3.8, 4) is 0 Å². The minimum atomic E-state index is 0.485. The van der Waals surface area contributed by atoms with Crippen LogP contribution in [0.1, 0.15) is 6.42 Å². The van der Waals surface area contributed by atoms with E-state index in [1.165, 1.54) is 0 Å². The second-order valence-corrected chi connectivity index (χ2v) is 2.97. The fourth-order valence-electron chi connectivity index (χ4n) is 1.15. The van der Waals surface area contributed by atoms with Crippen LogP contribution in [-0.4, -0.2) is 13.0 Å². The number of benzene rings is 1. The lowest BCUT2D eigenvalue weighted by molar-refractivity contribution is -0.107. The number of carbonyl (C=O) groups excluding carboxylic acids is 1. The molecule has 0 bridgehead atoms. The fraction of sp³-hybridized carbons (Fsp3) is 0.200. The van der Waals surface area contributed by atoms with Gasteiger partial charge in [0.05, 0.1) is 11.4 Å². The van der Waals surface area contributed by atoms with Gasteiger partial charge < -0.3 is 16.4 Å². The minimum Gasteiger partial charge on any atom is -0.397 e. The molecule has 0 unspecified atom stereocenters. The summed E-state index contributed by atoms with van der Waals surface area (Å²) in [5, 5.41) is 0. The maximum Gasteiger partial charge on any atom is 0.214 e. The van der Waals surface area contributed by atoms with E-state index in [1.807, 2.05) is 0 Å². The monoisotopic (exact) mass is 192 g/mol. The molecular formula is C10H14N3O. The number of anilines is 3. The van der Waals surface area contributed by atoms with Crippen LogP contribution < -0.4 is 16.4 Å². The van der Waals surface area contributed by atoms with Gasteiger partial charge in [-0.25, -0.2) is 0 Å². The molecule has 0 saturated heterocycles. The van der Waals surface area contributed by atoms with Crippen molar-refractivity contribution in [1.82, 2.24) is 0 Å². The van der Waals surface area contributed by atoms with Crippen LogP contribution in [0.3, 0.4) is 0 Å². The lowest BCUT2D eigenvalue weighted by Gasteiger charge is -2.17.